The maximum Gasteiger partial charge on any atom is 0.270 e. The van der Waals surface area contributed by atoms with Gasteiger partial charge in [-0.25, -0.2) is 13.4 Å². The summed E-state index contributed by atoms with van der Waals surface area (Å²) >= 11 is 0. The smallest absolute Gasteiger partial charge is 0.270 e. The summed E-state index contributed by atoms with van der Waals surface area (Å²) < 4.78 is 28.8. The molecule has 4 amide bonds. The fourth-order valence-electron chi connectivity index (χ4n) is 5.35. The van der Waals surface area contributed by atoms with Gasteiger partial charge in [0.25, 0.3) is 5.91 Å². The number of rotatable bonds is 16. The maximum atomic E-state index is 13.8. The summed E-state index contributed by atoms with van der Waals surface area (Å²) in [5, 5.41) is 20.3. The minimum Gasteiger partial charge on any atom is -0.390 e. The second kappa shape index (κ2) is 17.0. The topological polar surface area (TPSA) is 201 Å². The molecule has 1 aromatic heterocycles. The highest BCUT2D eigenvalue weighted by Crippen LogP contribution is 2.21. The van der Waals surface area contributed by atoms with Crippen LogP contribution in [0.4, 0.5) is 5.69 Å². The lowest BCUT2D eigenvalue weighted by Crippen LogP contribution is -2.56. The molecule has 0 unspecified atom stereocenters. The number of nitrogens with two attached hydrogens (primary N) is 1. The van der Waals surface area contributed by atoms with Gasteiger partial charge < -0.3 is 26.8 Å². The van der Waals surface area contributed by atoms with E-state index in [4.69, 9.17) is 5.73 Å². The third-order valence-electron chi connectivity index (χ3n) is 7.72. The van der Waals surface area contributed by atoms with E-state index < -0.39 is 52.4 Å². The molecule has 264 valence electrons. The Morgan fingerprint density at radius 1 is 0.860 bits per heavy atom. The van der Waals surface area contributed by atoms with Crippen molar-refractivity contribution in [2.75, 3.05) is 18.4 Å². The molecule has 0 saturated heterocycles. The molecule has 1 heterocycles. The first-order valence-corrected chi connectivity index (χ1v) is 17.5. The fourth-order valence-corrected chi connectivity index (χ4v) is 6.97. The van der Waals surface area contributed by atoms with E-state index in [1.54, 1.807) is 48.5 Å². The molecule has 4 aromatic rings. The summed E-state index contributed by atoms with van der Waals surface area (Å²) in [7, 11) is -4.14. The van der Waals surface area contributed by atoms with Crippen molar-refractivity contribution < 1.29 is 32.7 Å². The number of amides is 4. The van der Waals surface area contributed by atoms with E-state index >= 15 is 0 Å². The molecule has 0 spiro atoms. The van der Waals surface area contributed by atoms with Crippen LogP contribution < -0.4 is 21.7 Å². The van der Waals surface area contributed by atoms with Gasteiger partial charge in [0.1, 0.15) is 11.7 Å². The average Bonchev–Trinajstić information content (AvgIpc) is 3.07. The number of carbonyl (C=O) groups excluding carboxylic acids is 4. The van der Waals surface area contributed by atoms with Crippen LogP contribution in [0.1, 0.15) is 43.2 Å². The Balaban J connectivity index is 1.59. The summed E-state index contributed by atoms with van der Waals surface area (Å²) in [6.45, 7) is 4.67. The zero-order chi connectivity index (χ0) is 36.4. The highest BCUT2D eigenvalue weighted by atomic mass is 32.2. The van der Waals surface area contributed by atoms with E-state index in [0.717, 1.165) is 15.3 Å². The standard InChI is InChI=1S/C36H42N6O7S/c1-23(2)21-42(50(48,49)28-16-14-27(15-17-28)38-24(3)43)22-33(44)31(19-25-9-5-4-6-10-25)40-36(47)32(20-34(37)45)41-35(46)30-18-13-26-11-7-8-12-29(26)39-30/h4-18,23,31-33,44H,19-22H2,1-3H3,(H2,37,45)(H,38,43)(H,40,47)(H,41,46)/t31-,32-,33+/m0/s1. The third-order valence-corrected chi connectivity index (χ3v) is 9.57. The van der Waals surface area contributed by atoms with Crippen molar-refractivity contribution in [1.82, 2.24) is 19.9 Å². The van der Waals surface area contributed by atoms with Crippen LogP contribution in [-0.2, 0) is 30.8 Å². The van der Waals surface area contributed by atoms with Crippen molar-refractivity contribution in [1.29, 1.82) is 0 Å². The van der Waals surface area contributed by atoms with E-state index in [9.17, 15) is 32.7 Å². The van der Waals surface area contributed by atoms with Crippen LogP contribution >= 0.6 is 0 Å². The molecule has 0 bridgehead atoms. The van der Waals surface area contributed by atoms with Crippen molar-refractivity contribution in [3.63, 3.8) is 0 Å². The van der Waals surface area contributed by atoms with Gasteiger partial charge in [-0.1, -0.05) is 68.4 Å². The molecule has 14 heteroatoms. The second-order valence-corrected chi connectivity index (χ2v) is 14.3. The maximum absolute atomic E-state index is 13.8. The molecular weight excluding hydrogens is 660 g/mol. The lowest BCUT2D eigenvalue weighted by molar-refractivity contribution is -0.128. The van der Waals surface area contributed by atoms with Crippen LogP contribution in [0.5, 0.6) is 0 Å². The van der Waals surface area contributed by atoms with Gasteiger partial charge >= 0.3 is 0 Å². The van der Waals surface area contributed by atoms with Crippen LogP contribution in [0.15, 0.2) is 95.9 Å². The van der Waals surface area contributed by atoms with E-state index in [0.29, 0.717) is 11.2 Å². The van der Waals surface area contributed by atoms with E-state index in [1.165, 1.54) is 37.3 Å². The first-order valence-electron chi connectivity index (χ1n) is 16.1. The fraction of sp³-hybridized carbons (Fsp3) is 0.306. The number of primary amides is 1. The highest BCUT2D eigenvalue weighted by Gasteiger charge is 2.33. The lowest BCUT2D eigenvalue weighted by Gasteiger charge is -2.31. The van der Waals surface area contributed by atoms with Crippen LogP contribution in [0.25, 0.3) is 10.9 Å². The van der Waals surface area contributed by atoms with Crippen LogP contribution in [0.2, 0.25) is 0 Å². The average molecular weight is 703 g/mol. The number of aromatic nitrogens is 1. The molecule has 4 rings (SSSR count). The number of hydrogen-bond donors (Lipinski definition) is 5. The summed E-state index contributed by atoms with van der Waals surface area (Å²) in [5.74, 6) is -2.80. The summed E-state index contributed by atoms with van der Waals surface area (Å²) in [6, 6.07) is 22.5. The molecule has 6 N–H and O–H groups in total. The van der Waals surface area contributed by atoms with Crippen molar-refractivity contribution >= 4 is 50.2 Å². The number of aliphatic hydroxyl groups excluding tert-OH is 1. The molecule has 3 aromatic carbocycles. The minimum atomic E-state index is -4.14. The molecular formula is C36H42N6O7S. The summed E-state index contributed by atoms with van der Waals surface area (Å²) in [4.78, 5) is 54.7. The number of fused-ring (bicyclic) bond motifs is 1. The SMILES string of the molecule is CC(=O)Nc1ccc(S(=O)(=O)N(CC(C)C)C[C@@H](O)[C@H](Cc2ccccc2)NC(=O)[C@H](CC(N)=O)NC(=O)c2ccc3ccccc3n2)cc1. The highest BCUT2D eigenvalue weighted by molar-refractivity contribution is 7.89. The first-order chi connectivity index (χ1) is 23.7. The van der Waals surface area contributed by atoms with Crippen molar-refractivity contribution in [3.8, 4) is 0 Å². The number of anilines is 1. The first kappa shape index (κ1) is 37.6. The molecule has 50 heavy (non-hydrogen) atoms. The number of sulfonamides is 1. The molecule has 0 aliphatic carbocycles. The largest absolute Gasteiger partial charge is 0.390 e. The lowest BCUT2D eigenvalue weighted by atomic mass is 10.00. The van der Waals surface area contributed by atoms with Crippen molar-refractivity contribution in [2.45, 2.75) is 56.7 Å². The summed E-state index contributed by atoms with van der Waals surface area (Å²) in [5.41, 5.74) is 7.19. The number of para-hydroxylation sites is 1. The Kier molecular flexibility index (Phi) is 12.8. The van der Waals surface area contributed by atoms with Crippen LogP contribution in [0, 0.1) is 5.92 Å². The predicted molar refractivity (Wildman–Crippen MR) is 189 cm³/mol. The van der Waals surface area contributed by atoms with E-state index in [-0.39, 0.29) is 41.9 Å². The quantitative estimate of drug-likeness (QED) is 0.117. The number of nitrogens with zero attached hydrogens (tertiary/aromatic N) is 2. The number of aliphatic hydroxyl groups is 1. The number of benzene rings is 3. The van der Waals surface area contributed by atoms with Gasteiger partial charge in [0.2, 0.25) is 27.7 Å². The van der Waals surface area contributed by atoms with Gasteiger partial charge in [-0.3, -0.25) is 19.2 Å². The molecule has 0 aliphatic rings. The Morgan fingerprint density at radius 3 is 2.16 bits per heavy atom. The Morgan fingerprint density at radius 2 is 1.52 bits per heavy atom. The van der Waals surface area contributed by atoms with Crippen LogP contribution in [0.3, 0.4) is 0 Å². The molecule has 0 fully saturated rings. The van der Waals surface area contributed by atoms with Gasteiger partial charge in [0, 0.05) is 31.1 Å². The number of carbonyl (C=O) groups is 4. The molecule has 0 radical (unpaired) electrons. The minimum absolute atomic E-state index is 0.0199. The van der Waals surface area contributed by atoms with E-state index in [2.05, 4.69) is 20.9 Å². The molecule has 3 atom stereocenters. The van der Waals surface area contributed by atoms with Crippen LogP contribution in [-0.4, -0.2) is 77.7 Å². The van der Waals surface area contributed by atoms with Crippen molar-refractivity contribution in [3.05, 3.63) is 102 Å². The Labute approximate surface area is 291 Å². The normalized spacial score (nSPS) is 13.4. The van der Waals surface area contributed by atoms with Gasteiger partial charge in [0.05, 0.1) is 29.0 Å². The number of pyridine rings is 1. The zero-order valence-electron chi connectivity index (χ0n) is 28.1. The predicted octanol–water partition coefficient (Wildman–Crippen LogP) is 2.60. The number of hydrogen-bond acceptors (Lipinski definition) is 8. The van der Waals surface area contributed by atoms with Gasteiger partial charge in [-0.05, 0) is 54.3 Å². The van der Waals surface area contributed by atoms with Crippen molar-refractivity contribution in [2.24, 2.45) is 11.7 Å². The van der Waals surface area contributed by atoms with Gasteiger partial charge in [0.15, 0.2) is 0 Å². The molecule has 0 aliphatic heterocycles. The summed E-state index contributed by atoms with van der Waals surface area (Å²) in [6.07, 6.45) is -1.88. The molecule has 13 nitrogen and oxygen atoms in total. The zero-order valence-corrected chi connectivity index (χ0v) is 28.9. The Bertz CT molecular complexity index is 1920. The monoisotopic (exact) mass is 702 g/mol. The van der Waals surface area contributed by atoms with Gasteiger partial charge in [-0.15, -0.1) is 0 Å². The molecule has 0 saturated carbocycles. The Hall–Kier alpha value is -5.18. The van der Waals surface area contributed by atoms with E-state index in [1.807, 2.05) is 26.0 Å². The number of nitrogens with one attached hydrogen (secondary N) is 3. The third kappa shape index (κ3) is 10.4. The van der Waals surface area contributed by atoms with Gasteiger partial charge in [-0.2, -0.15) is 4.31 Å². The second-order valence-electron chi connectivity index (χ2n) is 12.4.